The van der Waals surface area contributed by atoms with Gasteiger partial charge in [-0.2, -0.15) is 5.10 Å². The van der Waals surface area contributed by atoms with E-state index >= 15 is 0 Å². The second-order valence-corrected chi connectivity index (χ2v) is 7.94. The Bertz CT molecular complexity index is 1190. The summed E-state index contributed by atoms with van der Waals surface area (Å²) in [6.45, 7) is 6.74. The minimum atomic E-state index is -0.0376. The Kier molecular flexibility index (Phi) is 5.36. The summed E-state index contributed by atoms with van der Waals surface area (Å²) >= 11 is 0. The first-order valence-corrected chi connectivity index (χ1v) is 10.2. The molecule has 30 heavy (non-hydrogen) atoms. The van der Waals surface area contributed by atoms with Gasteiger partial charge >= 0.3 is 0 Å². The van der Waals surface area contributed by atoms with Crippen LogP contribution >= 0.6 is 0 Å². The molecule has 0 spiro atoms. The lowest BCUT2D eigenvalue weighted by Crippen LogP contribution is -2.26. The van der Waals surface area contributed by atoms with Crippen molar-refractivity contribution in [2.24, 2.45) is 0 Å². The lowest BCUT2D eigenvalue weighted by molar-refractivity contribution is 0.0787. The quantitative estimate of drug-likeness (QED) is 0.461. The van der Waals surface area contributed by atoms with Crippen LogP contribution in [0.25, 0.3) is 22.3 Å². The molecule has 0 bridgehead atoms. The monoisotopic (exact) mass is 398 g/mol. The molecule has 0 unspecified atom stereocenters. The van der Waals surface area contributed by atoms with E-state index in [1.54, 1.807) is 11.1 Å². The SMILES string of the molecule is Cc1ccccc1-c1cc(C(=O)N(C)Cc2ccccc2)c2cnn(C(C)C)c2n1. The molecule has 0 aliphatic rings. The van der Waals surface area contributed by atoms with Gasteiger partial charge in [0.05, 0.1) is 22.8 Å². The van der Waals surface area contributed by atoms with Crippen LogP contribution in [-0.2, 0) is 6.54 Å². The molecule has 152 valence electrons. The molecule has 1 amide bonds. The average molecular weight is 399 g/mol. The van der Waals surface area contributed by atoms with Gasteiger partial charge in [0.25, 0.3) is 5.91 Å². The fraction of sp³-hybridized carbons (Fsp3) is 0.240. The van der Waals surface area contributed by atoms with E-state index in [2.05, 4.69) is 31.9 Å². The Morgan fingerprint density at radius 1 is 1.07 bits per heavy atom. The number of hydrogen-bond acceptors (Lipinski definition) is 3. The molecule has 4 rings (SSSR count). The molecule has 0 saturated heterocycles. The molecule has 0 radical (unpaired) electrons. The van der Waals surface area contributed by atoms with Crippen LogP contribution < -0.4 is 0 Å². The van der Waals surface area contributed by atoms with Gasteiger partial charge in [0.15, 0.2) is 5.65 Å². The summed E-state index contributed by atoms with van der Waals surface area (Å²) in [5.41, 5.74) is 5.40. The van der Waals surface area contributed by atoms with Crippen molar-refractivity contribution in [1.29, 1.82) is 0 Å². The van der Waals surface area contributed by atoms with E-state index in [4.69, 9.17) is 4.98 Å². The van der Waals surface area contributed by atoms with Crippen molar-refractivity contribution >= 4 is 16.9 Å². The number of carbonyl (C=O) groups excluding carboxylic acids is 1. The zero-order chi connectivity index (χ0) is 21.3. The minimum absolute atomic E-state index is 0.0376. The zero-order valence-corrected chi connectivity index (χ0v) is 17.8. The highest BCUT2D eigenvalue weighted by Gasteiger charge is 2.21. The van der Waals surface area contributed by atoms with Gasteiger partial charge in [-0.25, -0.2) is 9.67 Å². The van der Waals surface area contributed by atoms with Crippen molar-refractivity contribution in [2.45, 2.75) is 33.4 Å². The number of benzene rings is 2. The standard InChI is InChI=1S/C25H26N4O/c1-17(2)29-24-22(15-26-29)21(14-23(27-24)20-13-9-8-10-18(20)3)25(30)28(4)16-19-11-6-5-7-12-19/h5-15,17H,16H2,1-4H3. The van der Waals surface area contributed by atoms with Crippen LogP contribution in [0.5, 0.6) is 0 Å². The average Bonchev–Trinajstić information content (AvgIpc) is 3.18. The van der Waals surface area contributed by atoms with Crippen molar-refractivity contribution in [2.75, 3.05) is 7.05 Å². The first-order chi connectivity index (χ1) is 14.5. The van der Waals surface area contributed by atoms with Gasteiger partial charge in [0.2, 0.25) is 0 Å². The molecule has 2 aromatic carbocycles. The van der Waals surface area contributed by atoms with Crippen molar-refractivity contribution in [3.05, 3.63) is 83.6 Å². The third kappa shape index (κ3) is 3.71. The van der Waals surface area contributed by atoms with Gasteiger partial charge in [-0.1, -0.05) is 54.6 Å². The zero-order valence-electron chi connectivity index (χ0n) is 17.8. The van der Waals surface area contributed by atoms with Crippen LogP contribution in [0.3, 0.4) is 0 Å². The minimum Gasteiger partial charge on any atom is -0.337 e. The molecule has 2 aromatic heterocycles. The first kappa shape index (κ1) is 19.8. The summed E-state index contributed by atoms with van der Waals surface area (Å²) in [6, 6.07) is 20.2. The van der Waals surface area contributed by atoms with E-state index in [-0.39, 0.29) is 11.9 Å². The second-order valence-electron chi connectivity index (χ2n) is 7.94. The Balaban J connectivity index is 1.83. The number of fused-ring (bicyclic) bond motifs is 1. The molecule has 0 N–H and O–H groups in total. The van der Waals surface area contributed by atoms with Gasteiger partial charge in [-0.3, -0.25) is 4.79 Å². The van der Waals surface area contributed by atoms with Crippen LogP contribution in [0, 0.1) is 6.92 Å². The van der Waals surface area contributed by atoms with Crippen LogP contribution in [-0.4, -0.2) is 32.6 Å². The third-order valence-corrected chi connectivity index (χ3v) is 5.32. The molecule has 5 heteroatoms. The summed E-state index contributed by atoms with van der Waals surface area (Å²) in [5.74, 6) is -0.0376. The normalized spacial score (nSPS) is 11.2. The Morgan fingerprint density at radius 3 is 2.47 bits per heavy atom. The maximum atomic E-state index is 13.5. The summed E-state index contributed by atoms with van der Waals surface area (Å²) in [4.78, 5) is 20.1. The molecule has 0 saturated carbocycles. The van der Waals surface area contributed by atoms with Gasteiger partial charge in [-0.05, 0) is 38.0 Å². The Hall–Kier alpha value is -3.47. The van der Waals surface area contributed by atoms with E-state index in [1.165, 1.54) is 0 Å². The molecular formula is C25H26N4O. The van der Waals surface area contributed by atoms with Crippen molar-refractivity contribution < 1.29 is 4.79 Å². The number of pyridine rings is 1. The van der Waals surface area contributed by atoms with Crippen LogP contribution in [0.4, 0.5) is 0 Å². The maximum absolute atomic E-state index is 13.5. The molecule has 0 atom stereocenters. The summed E-state index contributed by atoms with van der Waals surface area (Å²) in [6.07, 6.45) is 1.76. The number of amides is 1. The molecule has 0 aliphatic heterocycles. The fourth-order valence-electron chi connectivity index (χ4n) is 3.71. The third-order valence-electron chi connectivity index (χ3n) is 5.32. The first-order valence-electron chi connectivity index (χ1n) is 10.2. The molecule has 0 fully saturated rings. The lowest BCUT2D eigenvalue weighted by atomic mass is 10.0. The van der Waals surface area contributed by atoms with E-state index in [0.717, 1.165) is 33.4 Å². The molecule has 5 nitrogen and oxygen atoms in total. The summed E-state index contributed by atoms with van der Waals surface area (Å²) in [5, 5.41) is 5.31. The summed E-state index contributed by atoms with van der Waals surface area (Å²) < 4.78 is 1.88. The lowest BCUT2D eigenvalue weighted by Gasteiger charge is -2.19. The highest BCUT2D eigenvalue weighted by molar-refractivity contribution is 6.06. The van der Waals surface area contributed by atoms with Gasteiger partial charge in [0.1, 0.15) is 0 Å². The van der Waals surface area contributed by atoms with Gasteiger partial charge in [-0.15, -0.1) is 0 Å². The molecular weight excluding hydrogens is 372 g/mol. The van der Waals surface area contributed by atoms with Crippen LogP contribution in [0.1, 0.15) is 41.4 Å². The Labute approximate surface area is 177 Å². The highest BCUT2D eigenvalue weighted by atomic mass is 16.2. The molecule has 2 heterocycles. The largest absolute Gasteiger partial charge is 0.337 e. The molecule has 4 aromatic rings. The second kappa shape index (κ2) is 8.11. The predicted octanol–water partition coefficient (Wildman–Crippen LogP) is 5.26. The van der Waals surface area contributed by atoms with Gasteiger partial charge < -0.3 is 4.90 Å². The number of carbonyl (C=O) groups is 1. The van der Waals surface area contributed by atoms with E-state index in [1.807, 2.05) is 66.3 Å². The Morgan fingerprint density at radius 2 is 1.77 bits per heavy atom. The predicted molar refractivity (Wildman–Crippen MR) is 120 cm³/mol. The summed E-state index contributed by atoms with van der Waals surface area (Å²) in [7, 11) is 1.84. The van der Waals surface area contributed by atoms with E-state index in [0.29, 0.717) is 12.1 Å². The smallest absolute Gasteiger partial charge is 0.254 e. The van der Waals surface area contributed by atoms with E-state index < -0.39 is 0 Å². The van der Waals surface area contributed by atoms with Gasteiger partial charge in [0, 0.05) is 25.2 Å². The maximum Gasteiger partial charge on any atom is 0.254 e. The number of nitrogens with zero attached hydrogens (tertiary/aromatic N) is 4. The van der Waals surface area contributed by atoms with E-state index in [9.17, 15) is 4.79 Å². The number of rotatable bonds is 5. The highest BCUT2D eigenvalue weighted by Crippen LogP contribution is 2.29. The van der Waals surface area contributed by atoms with Crippen molar-refractivity contribution in [3.8, 4) is 11.3 Å². The number of aryl methyl sites for hydroxylation is 1. The number of hydrogen-bond donors (Lipinski definition) is 0. The number of aromatic nitrogens is 3. The fourth-order valence-corrected chi connectivity index (χ4v) is 3.71. The van der Waals surface area contributed by atoms with Crippen LogP contribution in [0.15, 0.2) is 66.9 Å². The van der Waals surface area contributed by atoms with Crippen molar-refractivity contribution in [1.82, 2.24) is 19.7 Å². The molecule has 0 aliphatic carbocycles. The van der Waals surface area contributed by atoms with Crippen molar-refractivity contribution in [3.63, 3.8) is 0 Å². The topological polar surface area (TPSA) is 51.0 Å². The van der Waals surface area contributed by atoms with Crippen LogP contribution in [0.2, 0.25) is 0 Å².